The molecule has 2 aromatic heterocycles. The van der Waals surface area contributed by atoms with Crippen LogP contribution in [0.5, 0.6) is 0 Å². The van der Waals surface area contributed by atoms with Gasteiger partial charge in [-0.3, -0.25) is 9.78 Å². The molecule has 1 aliphatic rings. The molecule has 21 heavy (non-hydrogen) atoms. The molecule has 2 heterocycles. The lowest BCUT2D eigenvalue weighted by atomic mass is 10.2. The zero-order valence-electron chi connectivity index (χ0n) is 11.7. The monoisotopic (exact) mass is 303 g/mol. The fraction of sp³-hybridized carbons (Fsp3) is 0.357. The summed E-state index contributed by atoms with van der Waals surface area (Å²) >= 11 is 1.32. The van der Waals surface area contributed by atoms with Crippen LogP contribution in [0.2, 0.25) is 0 Å². The number of thiazole rings is 1. The van der Waals surface area contributed by atoms with E-state index in [0.29, 0.717) is 23.3 Å². The molecule has 0 radical (unpaired) electrons. The summed E-state index contributed by atoms with van der Waals surface area (Å²) in [7, 11) is 1.76. The zero-order valence-corrected chi connectivity index (χ0v) is 12.6. The molecule has 1 saturated carbocycles. The van der Waals surface area contributed by atoms with Crippen molar-refractivity contribution >= 4 is 28.2 Å². The van der Waals surface area contributed by atoms with Crippen molar-refractivity contribution in [2.75, 3.05) is 18.1 Å². The molecule has 110 valence electrons. The van der Waals surface area contributed by atoms with Gasteiger partial charge in [-0.05, 0) is 30.5 Å². The maximum atomic E-state index is 12.5. The Morgan fingerprint density at radius 2 is 2.19 bits per heavy atom. The Labute approximate surface area is 127 Å². The Morgan fingerprint density at radius 3 is 2.86 bits per heavy atom. The summed E-state index contributed by atoms with van der Waals surface area (Å²) in [5.74, 6) is 0.195. The number of carbonyl (C=O) groups excluding carboxylic acids is 1. The number of rotatable bonds is 5. The van der Waals surface area contributed by atoms with Crippen LogP contribution in [-0.2, 0) is 6.54 Å². The lowest BCUT2D eigenvalue weighted by Crippen LogP contribution is -2.26. The Balaban J connectivity index is 1.70. The van der Waals surface area contributed by atoms with Crippen molar-refractivity contribution in [2.24, 2.45) is 0 Å². The van der Waals surface area contributed by atoms with Crippen LogP contribution in [0.25, 0.3) is 0 Å². The van der Waals surface area contributed by atoms with Crippen LogP contribution in [0.3, 0.4) is 0 Å². The first kappa shape index (κ1) is 13.8. The fourth-order valence-electron chi connectivity index (χ4n) is 1.96. The smallest absolute Gasteiger partial charge is 0.267 e. The number of aromatic nitrogens is 2. The van der Waals surface area contributed by atoms with Crippen LogP contribution in [0.4, 0.5) is 10.9 Å². The van der Waals surface area contributed by atoms with E-state index >= 15 is 0 Å². The lowest BCUT2D eigenvalue weighted by Gasteiger charge is -2.16. The maximum absolute atomic E-state index is 12.5. The van der Waals surface area contributed by atoms with Crippen molar-refractivity contribution in [1.82, 2.24) is 14.9 Å². The summed E-state index contributed by atoms with van der Waals surface area (Å²) in [4.78, 5) is 22.8. The Kier molecular flexibility index (Phi) is 3.74. The lowest BCUT2D eigenvalue weighted by molar-refractivity contribution is 0.0790. The molecule has 0 spiro atoms. The van der Waals surface area contributed by atoms with Crippen molar-refractivity contribution in [1.29, 1.82) is 0 Å². The number of carbonyl (C=O) groups is 1. The molecular formula is C14H17N5OS. The van der Waals surface area contributed by atoms with Crippen LogP contribution >= 0.6 is 11.3 Å². The Hall–Kier alpha value is -2.15. The van der Waals surface area contributed by atoms with Crippen LogP contribution in [0, 0.1) is 0 Å². The SMILES string of the molecule is CN(Cc1ccncc1)C(=O)c1sc(NC2CC2)nc1N. The standard InChI is InChI=1S/C14H17N5OS/c1-19(8-9-4-6-16-7-5-9)13(20)11-12(15)18-14(21-11)17-10-2-3-10/h4-7,10H,2-3,8,15H2,1H3,(H,17,18). The quantitative estimate of drug-likeness (QED) is 0.882. The summed E-state index contributed by atoms with van der Waals surface area (Å²) in [6.07, 6.45) is 5.74. The van der Waals surface area contributed by atoms with Crippen molar-refractivity contribution in [3.8, 4) is 0 Å². The highest BCUT2D eigenvalue weighted by Gasteiger charge is 2.25. The van der Waals surface area contributed by atoms with Gasteiger partial charge in [-0.25, -0.2) is 4.98 Å². The van der Waals surface area contributed by atoms with E-state index in [1.54, 1.807) is 24.3 Å². The summed E-state index contributed by atoms with van der Waals surface area (Å²) in [5, 5.41) is 4.00. The molecule has 0 aliphatic heterocycles. The van der Waals surface area contributed by atoms with Crippen LogP contribution in [0.15, 0.2) is 24.5 Å². The molecule has 1 amide bonds. The minimum Gasteiger partial charge on any atom is -0.382 e. The minimum atomic E-state index is -0.106. The number of anilines is 2. The van der Waals surface area contributed by atoms with E-state index in [-0.39, 0.29) is 5.91 Å². The van der Waals surface area contributed by atoms with Crippen LogP contribution in [-0.4, -0.2) is 33.9 Å². The van der Waals surface area contributed by atoms with Gasteiger partial charge in [-0.1, -0.05) is 11.3 Å². The van der Waals surface area contributed by atoms with Gasteiger partial charge in [0.05, 0.1) is 0 Å². The summed E-state index contributed by atoms with van der Waals surface area (Å²) < 4.78 is 0. The number of nitrogen functional groups attached to an aromatic ring is 1. The summed E-state index contributed by atoms with van der Waals surface area (Å²) in [5.41, 5.74) is 6.90. The normalized spacial score (nSPS) is 14.0. The minimum absolute atomic E-state index is 0.106. The van der Waals surface area contributed by atoms with E-state index < -0.39 is 0 Å². The first-order valence-corrected chi connectivity index (χ1v) is 7.62. The predicted octanol–water partition coefficient (Wildman–Crippen LogP) is 1.97. The largest absolute Gasteiger partial charge is 0.382 e. The molecular weight excluding hydrogens is 286 g/mol. The molecule has 3 rings (SSSR count). The average Bonchev–Trinajstić information content (AvgIpc) is 3.21. The molecule has 0 atom stereocenters. The summed E-state index contributed by atoms with van der Waals surface area (Å²) in [6, 6.07) is 4.27. The van der Waals surface area contributed by atoms with E-state index in [9.17, 15) is 4.79 Å². The topological polar surface area (TPSA) is 84.1 Å². The summed E-state index contributed by atoms with van der Waals surface area (Å²) in [6.45, 7) is 0.518. The van der Waals surface area contributed by atoms with Gasteiger partial charge < -0.3 is 16.0 Å². The second-order valence-electron chi connectivity index (χ2n) is 5.17. The number of nitrogens with one attached hydrogen (secondary N) is 1. The second-order valence-corrected chi connectivity index (χ2v) is 6.17. The van der Waals surface area contributed by atoms with Crippen molar-refractivity contribution in [2.45, 2.75) is 25.4 Å². The third-order valence-electron chi connectivity index (χ3n) is 3.27. The molecule has 1 fully saturated rings. The van der Waals surface area contributed by atoms with E-state index in [2.05, 4.69) is 15.3 Å². The fourth-order valence-corrected chi connectivity index (χ4v) is 2.91. The van der Waals surface area contributed by atoms with Gasteiger partial charge in [0.15, 0.2) is 5.13 Å². The van der Waals surface area contributed by atoms with E-state index in [4.69, 9.17) is 5.73 Å². The van der Waals surface area contributed by atoms with Gasteiger partial charge >= 0.3 is 0 Å². The van der Waals surface area contributed by atoms with Crippen LogP contribution < -0.4 is 11.1 Å². The zero-order chi connectivity index (χ0) is 14.8. The highest BCUT2D eigenvalue weighted by molar-refractivity contribution is 7.18. The predicted molar refractivity (Wildman–Crippen MR) is 83.2 cm³/mol. The Morgan fingerprint density at radius 1 is 1.48 bits per heavy atom. The average molecular weight is 303 g/mol. The van der Waals surface area contributed by atoms with Gasteiger partial charge in [-0.15, -0.1) is 0 Å². The van der Waals surface area contributed by atoms with Gasteiger partial charge in [-0.2, -0.15) is 0 Å². The molecule has 0 unspecified atom stereocenters. The van der Waals surface area contributed by atoms with Gasteiger partial charge in [0, 0.05) is 32.0 Å². The molecule has 0 bridgehead atoms. The first-order valence-electron chi connectivity index (χ1n) is 6.80. The molecule has 2 aromatic rings. The molecule has 6 nitrogen and oxygen atoms in total. The van der Waals surface area contributed by atoms with Gasteiger partial charge in [0.2, 0.25) is 0 Å². The molecule has 3 N–H and O–H groups in total. The number of pyridine rings is 1. The van der Waals surface area contributed by atoms with Crippen LogP contribution in [0.1, 0.15) is 28.1 Å². The maximum Gasteiger partial charge on any atom is 0.267 e. The number of amides is 1. The Bertz CT molecular complexity index is 638. The van der Waals surface area contributed by atoms with E-state index in [0.717, 1.165) is 23.5 Å². The highest BCUT2D eigenvalue weighted by atomic mass is 32.1. The highest BCUT2D eigenvalue weighted by Crippen LogP contribution is 2.31. The molecule has 7 heteroatoms. The number of hydrogen-bond donors (Lipinski definition) is 2. The molecule has 1 aliphatic carbocycles. The molecule has 0 aromatic carbocycles. The third-order valence-corrected chi connectivity index (χ3v) is 4.26. The van der Waals surface area contributed by atoms with Gasteiger partial charge in [0.1, 0.15) is 10.7 Å². The van der Waals surface area contributed by atoms with Crippen molar-refractivity contribution in [3.05, 3.63) is 35.0 Å². The van der Waals surface area contributed by atoms with E-state index in [1.165, 1.54) is 11.3 Å². The first-order chi connectivity index (χ1) is 10.1. The second kappa shape index (κ2) is 5.69. The molecule has 0 saturated heterocycles. The van der Waals surface area contributed by atoms with Gasteiger partial charge in [0.25, 0.3) is 5.91 Å². The van der Waals surface area contributed by atoms with Crippen molar-refractivity contribution in [3.63, 3.8) is 0 Å². The van der Waals surface area contributed by atoms with E-state index in [1.807, 2.05) is 12.1 Å². The number of nitrogens with two attached hydrogens (primary N) is 1. The number of nitrogens with zero attached hydrogens (tertiary/aromatic N) is 3. The third kappa shape index (κ3) is 3.30. The van der Waals surface area contributed by atoms with Crippen molar-refractivity contribution < 1.29 is 4.79 Å². The number of hydrogen-bond acceptors (Lipinski definition) is 6.